The van der Waals surface area contributed by atoms with E-state index in [1.807, 2.05) is 4.90 Å². The predicted octanol–water partition coefficient (Wildman–Crippen LogP) is -0.111. The van der Waals surface area contributed by atoms with Crippen LogP contribution in [0, 0.1) is 0 Å². The van der Waals surface area contributed by atoms with E-state index in [-0.39, 0.29) is 5.91 Å². The van der Waals surface area contributed by atoms with Gasteiger partial charge in [-0.15, -0.1) is 0 Å². The van der Waals surface area contributed by atoms with Gasteiger partial charge in [0.25, 0.3) is 0 Å². The molecule has 0 aromatic carbocycles. The average molecular weight is 199 g/mol. The quantitative estimate of drug-likeness (QED) is 0.687. The molecule has 0 aromatic rings. The summed E-state index contributed by atoms with van der Waals surface area (Å²) in [6.07, 6.45) is 1.43. The number of carbonyl (C=O) groups excluding carboxylic acids is 1. The average Bonchev–Trinajstić information content (AvgIpc) is 2.26. The van der Waals surface area contributed by atoms with Gasteiger partial charge in [0, 0.05) is 32.6 Å². The molecule has 0 aromatic heterocycles. The van der Waals surface area contributed by atoms with Crippen LogP contribution in [0.2, 0.25) is 0 Å². The number of nitrogens with zero attached hydrogens (tertiary/aromatic N) is 2. The number of carbonyl (C=O) groups is 1. The van der Waals surface area contributed by atoms with E-state index in [1.54, 1.807) is 0 Å². The second-order valence-corrected chi connectivity index (χ2v) is 3.71. The molecule has 1 heterocycles. The van der Waals surface area contributed by atoms with Crippen LogP contribution < -0.4 is 5.73 Å². The van der Waals surface area contributed by atoms with Gasteiger partial charge >= 0.3 is 0 Å². The summed E-state index contributed by atoms with van der Waals surface area (Å²) in [5.41, 5.74) is 5.37. The van der Waals surface area contributed by atoms with Crippen molar-refractivity contribution in [2.45, 2.75) is 19.8 Å². The summed E-state index contributed by atoms with van der Waals surface area (Å²) in [5, 5.41) is 0. The highest BCUT2D eigenvalue weighted by atomic mass is 16.2. The molecule has 0 spiro atoms. The summed E-state index contributed by atoms with van der Waals surface area (Å²) >= 11 is 0. The normalized spacial score (nSPS) is 18.6. The largest absolute Gasteiger partial charge is 0.340 e. The Balaban J connectivity index is 2.23. The lowest BCUT2D eigenvalue weighted by atomic mass is 10.2. The second kappa shape index (κ2) is 5.98. The Hall–Kier alpha value is -0.610. The van der Waals surface area contributed by atoms with Crippen molar-refractivity contribution in [3.8, 4) is 0 Å². The van der Waals surface area contributed by atoms with Crippen LogP contribution in [0.5, 0.6) is 0 Å². The van der Waals surface area contributed by atoms with E-state index < -0.39 is 0 Å². The van der Waals surface area contributed by atoms with Crippen LogP contribution in [-0.4, -0.2) is 55.0 Å². The van der Waals surface area contributed by atoms with Gasteiger partial charge < -0.3 is 15.5 Å². The van der Waals surface area contributed by atoms with E-state index >= 15 is 0 Å². The summed E-state index contributed by atoms with van der Waals surface area (Å²) in [7, 11) is 0. The van der Waals surface area contributed by atoms with Gasteiger partial charge in [-0.3, -0.25) is 4.79 Å². The number of amides is 1. The highest BCUT2D eigenvalue weighted by Gasteiger charge is 2.18. The number of nitrogens with two attached hydrogens (primary N) is 1. The molecule has 4 nitrogen and oxygen atoms in total. The van der Waals surface area contributed by atoms with E-state index in [9.17, 15) is 4.79 Å². The van der Waals surface area contributed by atoms with Gasteiger partial charge in [0.15, 0.2) is 0 Å². The van der Waals surface area contributed by atoms with Gasteiger partial charge in [0.1, 0.15) is 0 Å². The third kappa shape index (κ3) is 3.27. The van der Waals surface area contributed by atoms with Crippen molar-refractivity contribution in [2.75, 3.05) is 39.3 Å². The first-order valence-electron chi connectivity index (χ1n) is 5.48. The van der Waals surface area contributed by atoms with Gasteiger partial charge in [-0.05, 0) is 19.5 Å². The third-order valence-corrected chi connectivity index (χ3v) is 2.77. The zero-order chi connectivity index (χ0) is 10.4. The molecule has 1 aliphatic rings. The molecule has 14 heavy (non-hydrogen) atoms. The van der Waals surface area contributed by atoms with Crippen LogP contribution in [-0.2, 0) is 4.79 Å². The molecule has 0 unspecified atom stereocenters. The SMILES string of the molecule is CCN1CCN(C(=O)CCCN)CC1. The maximum atomic E-state index is 11.6. The molecule has 1 saturated heterocycles. The van der Waals surface area contributed by atoms with E-state index in [2.05, 4.69) is 11.8 Å². The number of likely N-dealkylation sites (N-methyl/N-ethyl adjacent to an activating group) is 1. The maximum absolute atomic E-state index is 11.6. The molecular weight excluding hydrogens is 178 g/mol. The van der Waals surface area contributed by atoms with E-state index in [1.165, 1.54) is 0 Å². The van der Waals surface area contributed by atoms with Crippen LogP contribution in [0.15, 0.2) is 0 Å². The van der Waals surface area contributed by atoms with Crippen LogP contribution in [0.25, 0.3) is 0 Å². The zero-order valence-corrected chi connectivity index (χ0v) is 9.04. The fraction of sp³-hybridized carbons (Fsp3) is 0.900. The first kappa shape index (κ1) is 11.5. The molecule has 0 saturated carbocycles. The van der Waals surface area contributed by atoms with Gasteiger partial charge in [-0.25, -0.2) is 0 Å². The maximum Gasteiger partial charge on any atom is 0.222 e. The smallest absolute Gasteiger partial charge is 0.222 e. The minimum Gasteiger partial charge on any atom is -0.340 e. The molecule has 1 aliphatic heterocycles. The third-order valence-electron chi connectivity index (χ3n) is 2.77. The summed E-state index contributed by atoms with van der Waals surface area (Å²) < 4.78 is 0. The van der Waals surface area contributed by atoms with Gasteiger partial charge in [0.2, 0.25) is 5.91 Å². The lowest BCUT2D eigenvalue weighted by Gasteiger charge is -2.34. The van der Waals surface area contributed by atoms with Crippen molar-refractivity contribution in [1.82, 2.24) is 9.80 Å². The van der Waals surface area contributed by atoms with Crippen molar-refractivity contribution in [3.63, 3.8) is 0 Å². The molecule has 0 bridgehead atoms. The first-order valence-corrected chi connectivity index (χ1v) is 5.48. The molecule has 0 atom stereocenters. The first-order chi connectivity index (χ1) is 6.77. The molecule has 2 N–H and O–H groups in total. The molecule has 0 aliphatic carbocycles. The fourth-order valence-electron chi connectivity index (χ4n) is 1.72. The fourth-order valence-corrected chi connectivity index (χ4v) is 1.72. The Morgan fingerprint density at radius 2 is 1.93 bits per heavy atom. The molecule has 1 fully saturated rings. The van der Waals surface area contributed by atoms with Gasteiger partial charge in [-0.2, -0.15) is 0 Å². The van der Waals surface area contributed by atoms with Crippen molar-refractivity contribution in [3.05, 3.63) is 0 Å². The Kier molecular flexibility index (Phi) is 4.90. The topological polar surface area (TPSA) is 49.6 Å². The van der Waals surface area contributed by atoms with Crippen LogP contribution in [0.3, 0.4) is 0 Å². The number of rotatable bonds is 4. The Morgan fingerprint density at radius 3 is 2.43 bits per heavy atom. The van der Waals surface area contributed by atoms with Crippen molar-refractivity contribution < 1.29 is 4.79 Å². The monoisotopic (exact) mass is 199 g/mol. The molecule has 0 radical (unpaired) electrons. The van der Waals surface area contributed by atoms with Crippen LogP contribution in [0.4, 0.5) is 0 Å². The van der Waals surface area contributed by atoms with E-state index in [0.29, 0.717) is 13.0 Å². The minimum atomic E-state index is 0.270. The second-order valence-electron chi connectivity index (χ2n) is 3.71. The van der Waals surface area contributed by atoms with Crippen molar-refractivity contribution >= 4 is 5.91 Å². The molecule has 1 rings (SSSR count). The highest BCUT2D eigenvalue weighted by Crippen LogP contribution is 2.04. The molecular formula is C10H21N3O. The lowest BCUT2D eigenvalue weighted by Crippen LogP contribution is -2.48. The van der Waals surface area contributed by atoms with Gasteiger partial charge in [0.05, 0.1) is 0 Å². The van der Waals surface area contributed by atoms with Crippen molar-refractivity contribution in [1.29, 1.82) is 0 Å². The summed E-state index contributed by atoms with van der Waals surface area (Å²) in [5.74, 6) is 0.270. The van der Waals surface area contributed by atoms with E-state index in [4.69, 9.17) is 5.73 Å². The molecule has 82 valence electrons. The summed E-state index contributed by atoms with van der Waals surface area (Å²) in [6, 6.07) is 0. The highest BCUT2D eigenvalue weighted by molar-refractivity contribution is 5.76. The molecule has 4 heteroatoms. The summed E-state index contributed by atoms with van der Waals surface area (Å²) in [4.78, 5) is 15.9. The number of hydrogen-bond acceptors (Lipinski definition) is 3. The Morgan fingerprint density at radius 1 is 1.29 bits per heavy atom. The summed E-state index contributed by atoms with van der Waals surface area (Å²) in [6.45, 7) is 7.67. The van der Waals surface area contributed by atoms with Crippen LogP contribution in [0.1, 0.15) is 19.8 Å². The number of piperazine rings is 1. The zero-order valence-electron chi connectivity index (χ0n) is 9.04. The number of hydrogen-bond donors (Lipinski definition) is 1. The lowest BCUT2D eigenvalue weighted by molar-refractivity contribution is -0.132. The minimum absolute atomic E-state index is 0.270. The van der Waals surface area contributed by atoms with Crippen molar-refractivity contribution in [2.24, 2.45) is 5.73 Å². The standard InChI is InChI=1S/C10H21N3O/c1-2-12-6-8-13(9-7-12)10(14)4-3-5-11/h2-9,11H2,1H3. The van der Waals surface area contributed by atoms with Crippen LogP contribution >= 0.6 is 0 Å². The van der Waals surface area contributed by atoms with Gasteiger partial charge in [-0.1, -0.05) is 6.92 Å². The Bertz CT molecular complexity index is 176. The molecule has 1 amide bonds. The Labute approximate surface area is 86.0 Å². The predicted molar refractivity (Wildman–Crippen MR) is 57.0 cm³/mol. The van der Waals surface area contributed by atoms with E-state index in [0.717, 1.165) is 39.1 Å².